The summed E-state index contributed by atoms with van der Waals surface area (Å²) in [5.74, 6) is 2.20. The van der Waals surface area contributed by atoms with Crippen molar-refractivity contribution >= 4 is 0 Å². The van der Waals surface area contributed by atoms with Gasteiger partial charge in [-0.1, -0.05) is 0 Å². The van der Waals surface area contributed by atoms with E-state index in [1.807, 2.05) is 17.7 Å². The number of hydrogen-bond acceptors (Lipinski definition) is 4. The predicted octanol–water partition coefficient (Wildman–Crippen LogP) is 2.15. The van der Waals surface area contributed by atoms with Crippen LogP contribution in [0.3, 0.4) is 0 Å². The standard InChI is InChI=1S/C14H15N3O2/c1-11-16-3-4-17(11)5-6-19-14-8-12(10-15)7-13(9-14)18-2/h3-4,7-9H,5-6H2,1-2H3. The molecule has 0 amide bonds. The fourth-order valence-corrected chi connectivity index (χ4v) is 1.74. The third-order valence-electron chi connectivity index (χ3n) is 2.77. The third-order valence-corrected chi connectivity index (χ3v) is 2.77. The molecule has 0 atom stereocenters. The lowest BCUT2D eigenvalue weighted by molar-refractivity contribution is 0.295. The van der Waals surface area contributed by atoms with Crippen molar-refractivity contribution in [3.05, 3.63) is 42.0 Å². The third kappa shape index (κ3) is 3.26. The van der Waals surface area contributed by atoms with Gasteiger partial charge in [-0.3, -0.25) is 0 Å². The Morgan fingerprint density at radius 1 is 1.32 bits per heavy atom. The van der Waals surface area contributed by atoms with E-state index >= 15 is 0 Å². The van der Waals surface area contributed by atoms with Crippen molar-refractivity contribution in [2.45, 2.75) is 13.5 Å². The maximum absolute atomic E-state index is 8.92. The molecule has 19 heavy (non-hydrogen) atoms. The zero-order valence-electron chi connectivity index (χ0n) is 11.0. The van der Waals surface area contributed by atoms with Crippen LogP contribution in [0.5, 0.6) is 11.5 Å². The molecule has 2 aromatic rings. The van der Waals surface area contributed by atoms with Crippen LogP contribution in [-0.4, -0.2) is 23.3 Å². The van der Waals surface area contributed by atoms with Crippen LogP contribution in [0.2, 0.25) is 0 Å². The molecule has 0 saturated heterocycles. The van der Waals surface area contributed by atoms with Gasteiger partial charge in [0.05, 0.1) is 25.3 Å². The van der Waals surface area contributed by atoms with Crippen LogP contribution in [0, 0.1) is 18.3 Å². The van der Waals surface area contributed by atoms with Gasteiger partial charge < -0.3 is 14.0 Å². The largest absolute Gasteiger partial charge is 0.497 e. The molecule has 1 aromatic carbocycles. The molecular weight excluding hydrogens is 242 g/mol. The van der Waals surface area contributed by atoms with Gasteiger partial charge in [-0.15, -0.1) is 0 Å². The van der Waals surface area contributed by atoms with Crippen LogP contribution in [0.25, 0.3) is 0 Å². The molecule has 0 N–H and O–H groups in total. The summed E-state index contributed by atoms with van der Waals surface area (Å²) in [6.07, 6.45) is 3.67. The first-order valence-corrected chi connectivity index (χ1v) is 5.92. The Bertz CT molecular complexity index is 599. The molecule has 0 saturated carbocycles. The first kappa shape index (κ1) is 13.0. The van der Waals surface area contributed by atoms with Crippen molar-refractivity contribution in [2.75, 3.05) is 13.7 Å². The average molecular weight is 257 g/mol. The van der Waals surface area contributed by atoms with E-state index in [0.29, 0.717) is 30.2 Å². The number of methoxy groups -OCH3 is 1. The zero-order chi connectivity index (χ0) is 13.7. The number of aromatic nitrogens is 2. The van der Waals surface area contributed by atoms with Gasteiger partial charge in [-0.05, 0) is 19.1 Å². The van der Waals surface area contributed by atoms with Gasteiger partial charge in [0.1, 0.15) is 23.9 Å². The molecule has 0 aliphatic heterocycles. The van der Waals surface area contributed by atoms with Crippen molar-refractivity contribution in [3.8, 4) is 17.6 Å². The van der Waals surface area contributed by atoms with E-state index in [2.05, 4.69) is 11.1 Å². The van der Waals surface area contributed by atoms with Gasteiger partial charge in [-0.2, -0.15) is 5.26 Å². The molecule has 0 fully saturated rings. The fourth-order valence-electron chi connectivity index (χ4n) is 1.74. The number of benzene rings is 1. The number of hydrogen-bond donors (Lipinski definition) is 0. The van der Waals surface area contributed by atoms with Crippen molar-refractivity contribution in [1.29, 1.82) is 5.26 Å². The lowest BCUT2D eigenvalue weighted by atomic mass is 10.2. The minimum Gasteiger partial charge on any atom is -0.497 e. The molecule has 0 radical (unpaired) electrons. The molecular formula is C14H15N3O2. The molecule has 1 heterocycles. The monoisotopic (exact) mass is 257 g/mol. The molecule has 1 aromatic heterocycles. The summed E-state index contributed by atoms with van der Waals surface area (Å²) < 4.78 is 12.8. The normalized spacial score (nSPS) is 9.95. The van der Waals surface area contributed by atoms with Crippen molar-refractivity contribution in [2.24, 2.45) is 0 Å². The number of ether oxygens (including phenoxy) is 2. The second-order valence-corrected chi connectivity index (χ2v) is 4.03. The Kier molecular flexibility index (Phi) is 4.04. The number of nitrogens with zero attached hydrogens (tertiary/aromatic N) is 3. The summed E-state index contributed by atoms with van der Waals surface area (Å²) >= 11 is 0. The van der Waals surface area contributed by atoms with Gasteiger partial charge in [0.15, 0.2) is 0 Å². The van der Waals surface area contributed by atoms with Gasteiger partial charge in [-0.25, -0.2) is 4.98 Å². The molecule has 0 bridgehead atoms. The van der Waals surface area contributed by atoms with Crippen LogP contribution in [0.15, 0.2) is 30.6 Å². The van der Waals surface area contributed by atoms with Crippen molar-refractivity contribution in [3.63, 3.8) is 0 Å². The zero-order valence-corrected chi connectivity index (χ0v) is 11.0. The van der Waals surface area contributed by atoms with Gasteiger partial charge in [0.25, 0.3) is 0 Å². The molecule has 98 valence electrons. The van der Waals surface area contributed by atoms with E-state index in [0.717, 1.165) is 5.82 Å². The fraction of sp³-hybridized carbons (Fsp3) is 0.286. The highest BCUT2D eigenvalue weighted by atomic mass is 16.5. The Labute approximate surface area is 112 Å². The Morgan fingerprint density at radius 2 is 2.11 bits per heavy atom. The lowest BCUT2D eigenvalue weighted by Crippen LogP contribution is -2.08. The summed E-state index contributed by atoms with van der Waals surface area (Å²) in [5, 5.41) is 8.92. The summed E-state index contributed by atoms with van der Waals surface area (Å²) in [5.41, 5.74) is 0.521. The van der Waals surface area contributed by atoms with Crippen LogP contribution >= 0.6 is 0 Å². The van der Waals surface area contributed by atoms with Gasteiger partial charge >= 0.3 is 0 Å². The van der Waals surface area contributed by atoms with E-state index in [-0.39, 0.29) is 0 Å². The maximum Gasteiger partial charge on any atom is 0.124 e. The van der Waals surface area contributed by atoms with Crippen molar-refractivity contribution in [1.82, 2.24) is 9.55 Å². The minimum absolute atomic E-state index is 0.509. The summed E-state index contributed by atoms with van der Waals surface area (Å²) in [4.78, 5) is 4.14. The number of nitriles is 1. The molecule has 0 unspecified atom stereocenters. The average Bonchev–Trinajstić information content (AvgIpc) is 2.84. The molecule has 0 aliphatic rings. The molecule has 2 rings (SSSR count). The quantitative estimate of drug-likeness (QED) is 0.823. The highest BCUT2D eigenvalue weighted by molar-refractivity contribution is 5.43. The number of rotatable bonds is 5. The topological polar surface area (TPSA) is 60.1 Å². The first-order chi connectivity index (χ1) is 9.22. The molecule has 5 heteroatoms. The van der Waals surface area contributed by atoms with Crippen LogP contribution in [0.4, 0.5) is 0 Å². The SMILES string of the molecule is COc1cc(C#N)cc(OCCn2ccnc2C)c1. The highest BCUT2D eigenvalue weighted by Gasteiger charge is 2.03. The maximum atomic E-state index is 8.92. The summed E-state index contributed by atoms with van der Waals surface area (Å²) in [6.45, 7) is 3.17. The van der Waals surface area contributed by atoms with Crippen molar-refractivity contribution < 1.29 is 9.47 Å². The highest BCUT2D eigenvalue weighted by Crippen LogP contribution is 2.22. The second kappa shape index (κ2) is 5.91. The summed E-state index contributed by atoms with van der Waals surface area (Å²) in [7, 11) is 1.56. The van der Waals surface area contributed by atoms with Crippen LogP contribution in [0.1, 0.15) is 11.4 Å². The van der Waals surface area contributed by atoms with E-state index in [4.69, 9.17) is 14.7 Å². The predicted molar refractivity (Wildman–Crippen MR) is 70.2 cm³/mol. The molecule has 0 spiro atoms. The molecule has 5 nitrogen and oxygen atoms in total. The van der Waals surface area contributed by atoms with Gasteiger partial charge in [0.2, 0.25) is 0 Å². The Balaban J connectivity index is 1.99. The lowest BCUT2D eigenvalue weighted by Gasteiger charge is -2.09. The minimum atomic E-state index is 0.509. The second-order valence-electron chi connectivity index (χ2n) is 4.03. The molecule has 0 aliphatic carbocycles. The van der Waals surface area contributed by atoms with E-state index in [9.17, 15) is 0 Å². The Hall–Kier alpha value is -2.48. The smallest absolute Gasteiger partial charge is 0.124 e. The van der Waals surface area contributed by atoms with E-state index in [1.165, 1.54) is 0 Å². The van der Waals surface area contributed by atoms with E-state index < -0.39 is 0 Å². The Morgan fingerprint density at radius 3 is 2.74 bits per heavy atom. The van der Waals surface area contributed by atoms with Crippen LogP contribution < -0.4 is 9.47 Å². The summed E-state index contributed by atoms with van der Waals surface area (Å²) in [6, 6.07) is 7.22. The number of imidazole rings is 1. The van der Waals surface area contributed by atoms with E-state index in [1.54, 1.807) is 31.5 Å². The first-order valence-electron chi connectivity index (χ1n) is 5.92. The number of aryl methyl sites for hydroxylation is 1. The van der Waals surface area contributed by atoms with Crippen LogP contribution in [-0.2, 0) is 6.54 Å². The van der Waals surface area contributed by atoms with Gasteiger partial charge in [0, 0.05) is 18.5 Å².